The van der Waals surface area contributed by atoms with E-state index in [1.165, 1.54) is 0 Å². The van der Waals surface area contributed by atoms with Crippen molar-refractivity contribution in [1.29, 1.82) is 0 Å². The van der Waals surface area contributed by atoms with Gasteiger partial charge in [0.25, 0.3) is 5.91 Å². The van der Waals surface area contributed by atoms with Crippen LogP contribution in [0.3, 0.4) is 0 Å². The van der Waals surface area contributed by atoms with Crippen LogP contribution in [0.1, 0.15) is 32.3 Å². The van der Waals surface area contributed by atoms with Crippen LogP contribution >= 0.6 is 12.2 Å². The Bertz CT molecular complexity index is 674. The number of benzene rings is 1. The topological polar surface area (TPSA) is 80.9 Å². The van der Waals surface area contributed by atoms with Crippen LogP contribution in [0.2, 0.25) is 0 Å². The number of para-hydroxylation sites is 1. The van der Waals surface area contributed by atoms with Crippen LogP contribution in [-0.2, 0) is 16.0 Å². The summed E-state index contributed by atoms with van der Waals surface area (Å²) in [5, 5.41) is 3.36. The minimum absolute atomic E-state index is 0.137. The number of carbonyl (C=O) groups excluding carboxylic acids is 1. The van der Waals surface area contributed by atoms with Crippen molar-refractivity contribution in [3.63, 3.8) is 0 Å². The second-order valence-electron chi connectivity index (χ2n) is 7.09. The van der Waals surface area contributed by atoms with Crippen molar-refractivity contribution in [1.82, 2.24) is 16.2 Å². The molecule has 1 aromatic carbocycles. The predicted octanol–water partition coefficient (Wildman–Crippen LogP) is 1.45. The number of hydrazine groups is 1. The predicted molar refractivity (Wildman–Crippen MR) is 101 cm³/mol. The number of rotatable bonds is 5. The molecule has 0 aromatic heterocycles. The SMILES string of the molecule is CC1(C)Cc2cccc(OCC(=O)NNC(=S)NC[C@@H]3CCCO3)c2O1. The zero-order chi connectivity index (χ0) is 18.6. The van der Waals surface area contributed by atoms with E-state index in [9.17, 15) is 4.79 Å². The van der Waals surface area contributed by atoms with Gasteiger partial charge in [0.1, 0.15) is 5.60 Å². The van der Waals surface area contributed by atoms with Gasteiger partial charge in [-0.1, -0.05) is 12.1 Å². The van der Waals surface area contributed by atoms with Gasteiger partial charge >= 0.3 is 0 Å². The van der Waals surface area contributed by atoms with E-state index >= 15 is 0 Å². The highest BCUT2D eigenvalue weighted by Crippen LogP contribution is 2.41. The molecule has 2 heterocycles. The molecular weight excluding hydrogens is 354 g/mol. The number of carbonyl (C=O) groups is 1. The fourth-order valence-electron chi connectivity index (χ4n) is 3.06. The monoisotopic (exact) mass is 379 g/mol. The molecule has 1 saturated heterocycles. The summed E-state index contributed by atoms with van der Waals surface area (Å²) in [5.74, 6) is 0.954. The maximum atomic E-state index is 12.0. The molecule has 2 aliphatic heterocycles. The summed E-state index contributed by atoms with van der Waals surface area (Å²) in [6.45, 7) is 5.34. The Morgan fingerprint density at radius 2 is 2.23 bits per heavy atom. The zero-order valence-corrected chi connectivity index (χ0v) is 15.9. The van der Waals surface area contributed by atoms with Gasteiger partial charge in [-0.3, -0.25) is 15.6 Å². The van der Waals surface area contributed by atoms with Crippen LogP contribution in [-0.4, -0.2) is 42.5 Å². The minimum Gasteiger partial charge on any atom is -0.483 e. The van der Waals surface area contributed by atoms with Crippen LogP contribution in [0.25, 0.3) is 0 Å². The van der Waals surface area contributed by atoms with Crippen LogP contribution in [0.15, 0.2) is 18.2 Å². The fraction of sp³-hybridized carbons (Fsp3) is 0.556. The molecule has 1 fully saturated rings. The lowest BCUT2D eigenvalue weighted by Crippen LogP contribution is -2.49. The summed E-state index contributed by atoms with van der Waals surface area (Å²) in [5.41, 5.74) is 6.01. The lowest BCUT2D eigenvalue weighted by Gasteiger charge is -2.18. The second kappa shape index (κ2) is 8.09. The van der Waals surface area contributed by atoms with Crippen molar-refractivity contribution in [3.05, 3.63) is 23.8 Å². The number of thiocarbonyl (C=S) groups is 1. The van der Waals surface area contributed by atoms with Crippen LogP contribution < -0.4 is 25.6 Å². The number of ether oxygens (including phenoxy) is 3. The third-order valence-corrected chi connectivity index (χ3v) is 4.49. The molecule has 26 heavy (non-hydrogen) atoms. The molecule has 0 spiro atoms. The summed E-state index contributed by atoms with van der Waals surface area (Å²) < 4.78 is 17.0. The Morgan fingerprint density at radius 1 is 1.38 bits per heavy atom. The molecular formula is C18H25N3O4S. The molecule has 8 heteroatoms. The molecule has 1 amide bonds. The van der Waals surface area contributed by atoms with Crippen molar-refractivity contribution < 1.29 is 19.0 Å². The first-order valence-electron chi connectivity index (χ1n) is 8.81. The van der Waals surface area contributed by atoms with E-state index in [2.05, 4.69) is 16.2 Å². The van der Waals surface area contributed by atoms with E-state index in [1.807, 2.05) is 26.0 Å². The highest BCUT2D eigenvalue weighted by atomic mass is 32.1. The van der Waals surface area contributed by atoms with E-state index in [-0.39, 0.29) is 24.2 Å². The lowest BCUT2D eigenvalue weighted by atomic mass is 10.0. The average molecular weight is 379 g/mol. The zero-order valence-electron chi connectivity index (χ0n) is 15.1. The molecule has 1 atom stereocenters. The first kappa shape index (κ1) is 18.7. The normalized spacial score (nSPS) is 20.0. The van der Waals surface area contributed by atoms with Gasteiger partial charge in [0.2, 0.25) is 0 Å². The smallest absolute Gasteiger partial charge is 0.276 e. The van der Waals surface area contributed by atoms with Gasteiger partial charge in [0, 0.05) is 25.1 Å². The highest BCUT2D eigenvalue weighted by molar-refractivity contribution is 7.80. The van der Waals surface area contributed by atoms with E-state index < -0.39 is 0 Å². The fourth-order valence-corrected chi connectivity index (χ4v) is 3.20. The maximum absolute atomic E-state index is 12.0. The Labute approximate surface area is 158 Å². The number of amides is 1. The molecule has 142 valence electrons. The highest BCUT2D eigenvalue weighted by Gasteiger charge is 2.32. The number of hydrogen-bond acceptors (Lipinski definition) is 5. The Balaban J connectivity index is 1.39. The standard InChI is InChI=1S/C18H25N3O4S/c1-18(2)9-12-5-3-7-14(16(12)25-18)24-11-15(22)20-21-17(26)19-10-13-6-4-8-23-13/h3,5,7,13H,4,6,8-11H2,1-2H3,(H,20,22)(H2,19,21,26)/t13-/m0/s1. The van der Waals surface area contributed by atoms with Crippen molar-refractivity contribution in [3.8, 4) is 11.5 Å². The lowest BCUT2D eigenvalue weighted by molar-refractivity contribution is -0.123. The first-order chi connectivity index (χ1) is 12.4. The molecule has 3 rings (SSSR count). The molecule has 0 radical (unpaired) electrons. The molecule has 0 aliphatic carbocycles. The van der Waals surface area contributed by atoms with E-state index in [0.717, 1.165) is 31.4 Å². The van der Waals surface area contributed by atoms with Gasteiger partial charge in [-0.25, -0.2) is 0 Å². The van der Waals surface area contributed by atoms with Gasteiger partial charge < -0.3 is 19.5 Å². The van der Waals surface area contributed by atoms with Gasteiger partial charge in [-0.2, -0.15) is 0 Å². The summed E-state index contributed by atoms with van der Waals surface area (Å²) in [7, 11) is 0. The minimum atomic E-state index is -0.332. The third-order valence-electron chi connectivity index (χ3n) is 4.24. The van der Waals surface area contributed by atoms with E-state index in [4.69, 9.17) is 26.4 Å². The van der Waals surface area contributed by atoms with E-state index in [1.54, 1.807) is 6.07 Å². The first-order valence-corrected chi connectivity index (χ1v) is 9.22. The van der Waals surface area contributed by atoms with Crippen molar-refractivity contribution in [2.24, 2.45) is 0 Å². The van der Waals surface area contributed by atoms with Gasteiger partial charge in [-0.05, 0) is 45.0 Å². The Morgan fingerprint density at radius 3 is 3.00 bits per heavy atom. The van der Waals surface area contributed by atoms with Gasteiger partial charge in [0.15, 0.2) is 23.2 Å². The summed E-state index contributed by atoms with van der Waals surface area (Å²) in [6.07, 6.45) is 3.09. The third kappa shape index (κ3) is 4.98. The quantitative estimate of drug-likeness (QED) is 0.528. The number of nitrogens with one attached hydrogen (secondary N) is 3. The van der Waals surface area contributed by atoms with Crippen LogP contribution in [0.5, 0.6) is 11.5 Å². The molecule has 0 unspecified atom stereocenters. The second-order valence-corrected chi connectivity index (χ2v) is 7.50. The van der Waals surface area contributed by atoms with E-state index in [0.29, 0.717) is 23.2 Å². The van der Waals surface area contributed by atoms with Gasteiger partial charge in [-0.15, -0.1) is 0 Å². The van der Waals surface area contributed by atoms with Crippen molar-refractivity contribution in [2.75, 3.05) is 19.8 Å². The van der Waals surface area contributed by atoms with Crippen LogP contribution in [0, 0.1) is 0 Å². The molecule has 0 bridgehead atoms. The van der Waals surface area contributed by atoms with Crippen molar-refractivity contribution in [2.45, 2.75) is 44.8 Å². The molecule has 7 nitrogen and oxygen atoms in total. The molecule has 1 aromatic rings. The largest absolute Gasteiger partial charge is 0.483 e. The molecule has 0 saturated carbocycles. The Hall–Kier alpha value is -2.06. The summed E-state index contributed by atoms with van der Waals surface area (Å²) in [6, 6.07) is 5.71. The molecule has 3 N–H and O–H groups in total. The maximum Gasteiger partial charge on any atom is 0.276 e. The van der Waals surface area contributed by atoms with Gasteiger partial charge in [0.05, 0.1) is 6.10 Å². The summed E-state index contributed by atoms with van der Waals surface area (Å²) >= 11 is 5.12. The summed E-state index contributed by atoms with van der Waals surface area (Å²) in [4.78, 5) is 12.0. The van der Waals surface area contributed by atoms with Crippen LogP contribution in [0.4, 0.5) is 0 Å². The Kier molecular flexibility index (Phi) is 5.83. The molecule has 2 aliphatic rings. The number of hydrogen-bond donors (Lipinski definition) is 3. The average Bonchev–Trinajstić information content (AvgIpc) is 3.22. The van der Waals surface area contributed by atoms with Crippen molar-refractivity contribution >= 4 is 23.2 Å². The number of fused-ring (bicyclic) bond motifs is 1.